The van der Waals surface area contributed by atoms with E-state index in [1.807, 2.05) is 24.3 Å². The van der Waals surface area contributed by atoms with Gasteiger partial charge in [-0.05, 0) is 60.6 Å². The minimum atomic E-state index is -1.47. The van der Waals surface area contributed by atoms with Crippen LogP contribution in [0.5, 0.6) is 0 Å². The van der Waals surface area contributed by atoms with Gasteiger partial charge in [0.2, 0.25) is 0 Å². The molecule has 0 radical (unpaired) electrons. The van der Waals surface area contributed by atoms with Gasteiger partial charge in [-0.2, -0.15) is 0 Å². The van der Waals surface area contributed by atoms with Crippen molar-refractivity contribution < 1.29 is 13.2 Å². The minimum Gasteiger partial charge on any atom is -0.204 e. The van der Waals surface area contributed by atoms with Crippen LogP contribution in [0.2, 0.25) is 0 Å². The summed E-state index contributed by atoms with van der Waals surface area (Å²) in [5.41, 5.74) is 3.45. The normalized spacial score (nSPS) is 16.2. The quantitative estimate of drug-likeness (QED) is 0.403. The fourth-order valence-electron chi connectivity index (χ4n) is 2.83. The molecule has 1 aliphatic rings. The van der Waals surface area contributed by atoms with Crippen LogP contribution in [0.4, 0.5) is 13.2 Å². The average molecular weight is 312 g/mol. The Labute approximate surface area is 133 Å². The van der Waals surface area contributed by atoms with E-state index in [0.29, 0.717) is 5.92 Å². The molecule has 0 saturated carbocycles. The maximum Gasteiger partial charge on any atom is 0.194 e. The fourth-order valence-corrected chi connectivity index (χ4v) is 2.83. The molecule has 0 amide bonds. The van der Waals surface area contributed by atoms with Crippen molar-refractivity contribution in [3.8, 4) is 11.8 Å². The number of hydrogen-bond acceptors (Lipinski definition) is 0. The highest BCUT2D eigenvalue weighted by Gasteiger charge is 2.16. The summed E-state index contributed by atoms with van der Waals surface area (Å²) < 4.78 is 39.3. The molecule has 3 rings (SSSR count). The molecule has 2 aromatic carbocycles. The van der Waals surface area contributed by atoms with Crippen molar-refractivity contribution >= 4 is 0 Å². The van der Waals surface area contributed by atoms with Gasteiger partial charge in [-0.15, -0.1) is 6.58 Å². The first-order valence-electron chi connectivity index (χ1n) is 7.47. The number of benzene rings is 2. The molecule has 0 spiro atoms. The van der Waals surface area contributed by atoms with Crippen molar-refractivity contribution in [2.45, 2.75) is 19.3 Å². The first kappa shape index (κ1) is 15.4. The maximum absolute atomic E-state index is 13.2. The summed E-state index contributed by atoms with van der Waals surface area (Å²) in [6, 6.07) is 7.75. The van der Waals surface area contributed by atoms with Crippen LogP contribution in [-0.4, -0.2) is 0 Å². The molecule has 0 heterocycles. The van der Waals surface area contributed by atoms with Crippen LogP contribution >= 0.6 is 0 Å². The van der Waals surface area contributed by atoms with Gasteiger partial charge in [0.05, 0.1) is 0 Å². The molecular formula is C20H15F3. The molecule has 0 N–H and O–H groups in total. The van der Waals surface area contributed by atoms with Gasteiger partial charge in [-0.3, -0.25) is 0 Å². The van der Waals surface area contributed by atoms with Gasteiger partial charge >= 0.3 is 0 Å². The summed E-state index contributed by atoms with van der Waals surface area (Å²) >= 11 is 0. The van der Waals surface area contributed by atoms with Crippen LogP contribution in [-0.2, 0) is 12.8 Å². The zero-order valence-corrected chi connectivity index (χ0v) is 12.5. The number of halogens is 3. The Balaban J connectivity index is 1.86. The van der Waals surface area contributed by atoms with Crippen molar-refractivity contribution in [3.05, 3.63) is 82.7 Å². The highest BCUT2D eigenvalue weighted by Crippen LogP contribution is 2.26. The number of aryl methyl sites for hydroxylation is 1. The lowest BCUT2D eigenvalue weighted by atomic mass is 9.83. The van der Waals surface area contributed by atoms with Crippen molar-refractivity contribution in [3.63, 3.8) is 0 Å². The second kappa shape index (κ2) is 6.34. The zero-order valence-electron chi connectivity index (χ0n) is 12.5. The summed E-state index contributed by atoms with van der Waals surface area (Å²) in [5.74, 6) is 2.16. The molecule has 0 aliphatic heterocycles. The topological polar surface area (TPSA) is 0 Å². The molecule has 1 aliphatic carbocycles. The van der Waals surface area contributed by atoms with E-state index in [2.05, 4.69) is 18.4 Å². The number of hydrogen-bond donors (Lipinski definition) is 0. The van der Waals surface area contributed by atoms with Crippen LogP contribution < -0.4 is 0 Å². The lowest BCUT2D eigenvalue weighted by Crippen LogP contribution is -2.12. The minimum absolute atomic E-state index is 0.117. The van der Waals surface area contributed by atoms with Gasteiger partial charge in [0.25, 0.3) is 0 Å². The molecule has 0 saturated heterocycles. The summed E-state index contributed by atoms with van der Waals surface area (Å²) in [4.78, 5) is 0. The first-order valence-corrected chi connectivity index (χ1v) is 7.47. The van der Waals surface area contributed by atoms with Gasteiger partial charge in [0.15, 0.2) is 17.5 Å². The molecule has 2 aromatic rings. The summed E-state index contributed by atoms with van der Waals surface area (Å²) in [6.07, 6.45) is 5.03. The Kier molecular flexibility index (Phi) is 4.25. The molecule has 23 heavy (non-hydrogen) atoms. The number of fused-ring (bicyclic) bond motifs is 1. The van der Waals surface area contributed by atoms with Gasteiger partial charge in [-0.1, -0.05) is 24.0 Å². The first-order chi connectivity index (χ1) is 11.1. The predicted octanol–water partition coefficient (Wildman–Crippen LogP) is 4.79. The van der Waals surface area contributed by atoms with E-state index in [-0.39, 0.29) is 5.56 Å². The molecule has 0 nitrogen and oxygen atoms in total. The Morgan fingerprint density at radius 2 is 1.65 bits per heavy atom. The Bertz CT molecular complexity index is 802. The van der Waals surface area contributed by atoms with E-state index < -0.39 is 17.5 Å². The SMILES string of the molecule is C=CC1CCc2cc(C#Cc3cc(F)c(F)c(F)c3)ccc2C1. The van der Waals surface area contributed by atoms with Crippen molar-refractivity contribution in [1.29, 1.82) is 0 Å². The van der Waals surface area contributed by atoms with Gasteiger partial charge in [0, 0.05) is 11.1 Å². The molecule has 0 aromatic heterocycles. The lowest BCUT2D eigenvalue weighted by molar-refractivity contribution is 0.446. The second-order valence-electron chi connectivity index (χ2n) is 5.73. The monoisotopic (exact) mass is 312 g/mol. The number of allylic oxidation sites excluding steroid dienone is 1. The Morgan fingerprint density at radius 3 is 2.35 bits per heavy atom. The van der Waals surface area contributed by atoms with E-state index in [4.69, 9.17) is 0 Å². The Morgan fingerprint density at radius 1 is 0.957 bits per heavy atom. The number of rotatable bonds is 1. The molecule has 116 valence electrons. The summed E-state index contributed by atoms with van der Waals surface area (Å²) in [7, 11) is 0. The van der Waals surface area contributed by atoms with Crippen LogP contribution in [0.1, 0.15) is 28.7 Å². The van der Waals surface area contributed by atoms with Crippen LogP contribution in [0, 0.1) is 35.2 Å². The smallest absolute Gasteiger partial charge is 0.194 e. The van der Waals surface area contributed by atoms with Crippen molar-refractivity contribution in [1.82, 2.24) is 0 Å². The van der Waals surface area contributed by atoms with Crippen LogP contribution in [0.15, 0.2) is 43.0 Å². The zero-order chi connectivity index (χ0) is 16.4. The maximum atomic E-state index is 13.2. The average Bonchev–Trinajstić information content (AvgIpc) is 2.57. The van der Waals surface area contributed by atoms with E-state index in [1.165, 1.54) is 11.1 Å². The molecule has 1 unspecified atom stereocenters. The van der Waals surface area contributed by atoms with E-state index >= 15 is 0 Å². The molecule has 3 heteroatoms. The standard InChI is InChI=1S/C20H15F3/c1-2-13-5-7-17-10-14(6-8-16(17)9-13)3-4-15-11-18(21)20(23)19(22)12-15/h2,6,8,10-13H,1,5,7,9H2. The molecule has 0 bridgehead atoms. The van der Waals surface area contributed by atoms with Gasteiger partial charge in [-0.25, -0.2) is 13.2 Å². The van der Waals surface area contributed by atoms with Crippen LogP contribution in [0.3, 0.4) is 0 Å². The third-order valence-electron chi connectivity index (χ3n) is 4.14. The van der Waals surface area contributed by atoms with Crippen molar-refractivity contribution in [2.24, 2.45) is 5.92 Å². The van der Waals surface area contributed by atoms with E-state index in [0.717, 1.165) is 37.0 Å². The summed E-state index contributed by atoms with van der Waals surface area (Å²) in [5, 5.41) is 0. The fraction of sp³-hybridized carbons (Fsp3) is 0.200. The third-order valence-corrected chi connectivity index (χ3v) is 4.14. The van der Waals surface area contributed by atoms with E-state index in [9.17, 15) is 13.2 Å². The molecular weight excluding hydrogens is 297 g/mol. The highest BCUT2D eigenvalue weighted by molar-refractivity contribution is 5.46. The van der Waals surface area contributed by atoms with Crippen molar-refractivity contribution in [2.75, 3.05) is 0 Å². The summed E-state index contributed by atoms with van der Waals surface area (Å²) in [6.45, 7) is 3.85. The third kappa shape index (κ3) is 3.32. The highest BCUT2D eigenvalue weighted by atomic mass is 19.2. The molecule has 0 fully saturated rings. The van der Waals surface area contributed by atoms with Gasteiger partial charge in [0.1, 0.15) is 0 Å². The largest absolute Gasteiger partial charge is 0.204 e. The lowest BCUT2D eigenvalue weighted by Gasteiger charge is -2.22. The van der Waals surface area contributed by atoms with Gasteiger partial charge < -0.3 is 0 Å². The van der Waals surface area contributed by atoms with E-state index in [1.54, 1.807) is 0 Å². The Hall–Kier alpha value is -2.47. The second-order valence-corrected chi connectivity index (χ2v) is 5.73. The predicted molar refractivity (Wildman–Crippen MR) is 84.5 cm³/mol. The van der Waals surface area contributed by atoms with Crippen LogP contribution in [0.25, 0.3) is 0 Å². The molecule has 1 atom stereocenters.